The second kappa shape index (κ2) is 47.8. The van der Waals surface area contributed by atoms with Gasteiger partial charge >= 0.3 is 18.5 Å². The molecule has 6 saturated heterocycles. The minimum atomic E-state index is -0.388. The zero-order valence-electron chi connectivity index (χ0n) is 68.4. The largest absolute Gasteiger partial charge is 0.506 e. The van der Waals surface area contributed by atoms with E-state index in [1.165, 1.54) is 19.0 Å². The summed E-state index contributed by atoms with van der Waals surface area (Å²) in [5.41, 5.74) is 12.2. The number of amides is 6. The van der Waals surface area contributed by atoms with E-state index in [0.717, 1.165) is 217 Å². The normalized spacial score (nSPS) is 15.7. The Hall–Kier alpha value is -8.64. The average Bonchev–Trinajstić information content (AvgIpc) is 1.27. The summed E-state index contributed by atoms with van der Waals surface area (Å²) in [6.45, 7) is 21.6. The van der Waals surface area contributed by atoms with Gasteiger partial charge in [-0.15, -0.1) is 0 Å². The van der Waals surface area contributed by atoms with Crippen LogP contribution in [0, 0.1) is 6.92 Å². The summed E-state index contributed by atoms with van der Waals surface area (Å²) in [7, 11) is 3.57. The first-order chi connectivity index (χ1) is 55.8. The Morgan fingerprint density at radius 1 is 0.556 bits per heavy atom. The van der Waals surface area contributed by atoms with Gasteiger partial charge in [0.25, 0.3) is 0 Å². The highest BCUT2D eigenvalue weighted by Crippen LogP contribution is 2.37. The standard InChI is InChI=1S/C31H35N3O5.C18H28BN3O3.C13H17BrN2O.C13H18N2O2.C7H9BrN2.C5H8ClNO.CH4/c1-21-17-26-30(36)25-12-11-23(19-27(25)39-31(26)28(18-21)37-16-15-33(2)3)38-24-10-9-22(32-20-24)7-6-8-29(35)34-13-4-5-14-34;1-17(2)18(3,4)25-19(24-17)14-7-8-15(21-13-14)9-10-20-16(23)22-11-5-6-12-22;14-11-6-7-12(15-10-11)4-3-5-13(17)16-8-1-2-9-16;16-12-7-6-11(14-10-12)4-3-5-13(17)15-8-1-2-9-15;8-6-1-2-7(3-4-9)10-5-6;6-5(8)7-3-1-2-4-7;/h9-12,17-20H,4-8,13-16H2,1-3H3;7-8,13H,5-6,9-12H2,1-4H3,(H,20,23);6-7,10H,1-5,8-9H2;6-7,10,16H,1-5,8-9H2;1-2,5H,3-4,9H2;1-4H2;1H4. The third-order valence-electron chi connectivity index (χ3n) is 21.1. The van der Waals surface area contributed by atoms with E-state index >= 15 is 0 Å². The van der Waals surface area contributed by atoms with Crippen LogP contribution in [-0.2, 0) is 55.8 Å². The molecule has 6 aromatic heterocycles. The molecule has 2 aromatic carbocycles. The zero-order chi connectivity index (χ0) is 83.0. The highest BCUT2D eigenvalue weighted by molar-refractivity contribution is 9.10. The topological polar surface area (TPSA) is 295 Å². The number of hydrogen-bond donors (Lipinski definition) is 3. The molecule has 12 heterocycles. The molecule has 632 valence electrons. The number of carbonyl (C=O) groups is 5. The highest BCUT2D eigenvalue weighted by Gasteiger charge is 2.52. The van der Waals surface area contributed by atoms with Crippen molar-refractivity contribution in [1.82, 2.24) is 59.6 Å². The van der Waals surface area contributed by atoms with Crippen molar-refractivity contribution in [2.75, 3.05) is 106 Å². The van der Waals surface area contributed by atoms with Crippen molar-refractivity contribution in [3.8, 4) is 23.0 Å². The van der Waals surface area contributed by atoms with Gasteiger partial charge in [-0.05, 0) is 286 Å². The molecule has 0 atom stereocenters. The number of nitrogens with two attached hydrogens (primary N) is 1. The zero-order valence-corrected chi connectivity index (χ0v) is 72.4. The quantitative estimate of drug-likeness (QED) is 0.0219. The van der Waals surface area contributed by atoms with E-state index in [-0.39, 0.29) is 60.1 Å². The van der Waals surface area contributed by atoms with Gasteiger partial charge in [-0.2, -0.15) is 0 Å². The van der Waals surface area contributed by atoms with E-state index in [4.69, 9.17) is 45.6 Å². The number of aryl methyl sites for hydroxylation is 4. The number of pyridine rings is 5. The average molecular weight is 1760 g/mol. The van der Waals surface area contributed by atoms with E-state index in [2.05, 4.69) is 62.1 Å². The molecule has 6 amide bonds. The van der Waals surface area contributed by atoms with Gasteiger partial charge in [-0.1, -0.05) is 13.5 Å². The number of carbonyl (C=O) groups excluding carboxylic acids is 5. The van der Waals surface area contributed by atoms with Crippen LogP contribution in [0.1, 0.15) is 172 Å². The Bertz CT molecular complexity index is 4370. The summed E-state index contributed by atoms with van der Waals surface area (Å²) >= 11 is 11.8. The van der Waals surface area contributed by atoms with Crippen LogP contribution < -0.4 is 31.4 Å². The van der Waals surface area contributed by atoms with Gasteiger partial charge < -0.3 is 68.8 Å². The molecular weight excluding hydrogens is 1640 g/mol. The van der Waals surface area contributed by atoms with E-state index in [1.54, 1.807) is 60.0 Å². The number of aromatic hydroxyl groups is 1. The first kappa shape index (κ1) is 93.9. The molecule has 0 radical (unpaired) electrons. The summed E-state index contributed by atoms with van der Waals surface area (Å²) in [6, 6.07) is 28.1. The summed E-state index contributed by atoms with van der Waals surface area (Å²) in [4.78, 5) is 104. The molecule has 0 saturated carbocycles. The Morgan fingerprint density at radius 3 is 1.44 bits per heavy atom. The molecule has 4 N–H and O–H groups in total. The van der Waals surface area contributed by atoms with Gasteiger partial charge in [0.15, 0.2) is 11.3 Å². The Kier molecular flexibility index (Phi) is 38.4. The number of aromatic nitrogens is 5. The van der Waals surface area contributed by atoms with Crippen LogP contribution in [0.15, 0.2) is 140 Å². The van der Waals surface area contributed by atoms with Crippen LogP contribution in [0.3, 0.4) is 0 Å². The lowest BCUT2D eigenvalue weighted by Gasteiger charge is -2.32. The van der Waals surface area contributed by atoms with Crippen LogP contribution in [0.5, 0.6) is 23.0 Å². The van der Waals surface area contributed by atoms with Crippen molar-refractivity contribution in [1.29, 1.82) is 0 Å². The lowest BCUT2D eigenvalue weighted by molar-refractivity contribution is -0.131. The maximum Gasteiger partial charge on any atom is 0.496 e. The number of nitrogens with zero attached hydrogens (tertiary/aromatic N) is 11. The van der Waals surface area contributed by atoms with E-state index < -0.39 is 0 Å². The van der Waals surface area contributed by atoms with Crippen molar-refractivity contribution < 1.29 is 52.3 Å². The summed E-state index contributed by atoms with van der Waals surface area (Å²) in [6.07, 6.45) is 28.1. The van der Waals surface area contributed by atoms with Gasteiger partial charge in [0.05, 0.1) is 34.4 Å². The van der Waals surface area contributed by atoms with Crippen molar-refractivity contribution in [2.24, 2.45) is 5.73 Å². The van der Waals surface area contributed by atoms with Crippen molar-refractivity contribution >= 4 is 107 Å². The predicted molar refractivity (Wildman–Crippen MR) is 469 cm³/mol. The van der Waals surface area contributed by atoms with Crippen LogP contribution in [0.25, 0.3) is 21.9 Å². The molecule has 8 aromatic rings. The minimum Gasteiger partial charge on any atom is -0.506 e. The number of likely N-dealkylation sites (tertiary alicyclic amines) is 5. The maximum atomic E-state index is 13.3. The lowest BCUT2D eigenvalue weighted by atomic mass is 9.80. The van der Waals surface area contributed by atoms with E-state index in [0.29, 0.717) is 90.5 Å². The van der Waals surface area contributed by atoms with Crippen molar-refractivity contribution in [3.63, 3.8) is 0 Å². The number of halogens is 3. The Labute approximate surface area is 712 Å². The van der Waals surface area contributed by atoms with Gasteiger partial charge in [-0.25, -0.2) is 4.79 Å². The summed E-state index contributed by atoms with van der Waals surface area (Å²) in [5.74, 6) is 2.67. The fraction of sp³-hybridized carbons (Fsp3) is 0.511. The molecular formula is C88H119BBr2ClN13O12. The van der Waals surface area contributed by atoms with Crippen molar-refractivity contribution in [2.45, 2.75) is 188 Å². The maximum absolute atomic E-state index is 13.3. The molecule has 0 unspecified atom stereocenters. The van der Waals surface area contributed by atoms with Gasteiger partial charge in [0.2, 0.25) is 23.2 Å². The summed E-state index contributed by atoms with van der Waals surface area (Å²) in [5, 5.41) is 12.7. The van der Waals surface area contributed by atoms with Crippen LogP contribution in [0.2, 0.25) is 0 Å². The number of rotatable bonds is 24. The number of benzene rings is 2. The third-order valence-corrected chi connectivity index (χ3v) is 22.3. The van der Waals surface area contributed by atoms with Gasteiger partial charge in [0, 0.05) is 178 Å². The molecule has 29 heteroatoms. The second-order valence-corrected chi connectivity index (χ2v) is 33.2. The molecule has 117 heavy (non-hydrogen) atoms. The fourth-order valence-electron chi connectivity index (χ4n) is 13.7. The molecule has 0 bridgehead atoms. The monoisotopic (exact) mass is 1750 g/mol. The van der Waals surface area contributed by atoms with Crippen molar-refractivity contribution in [3.05, 3.63) is 175 Å². The van der Waals surface area contributed by atoms with Crippen LogP contribution in [-0.4, -0.2) is 213 Å². The number of urea groups is 1. The Morgan fingerprint density at radius 2 is 1.00 bits per heavy atom. The number of likely N-dealkylation sites (N-methyl/N-ethyl adjacent to an activating group) is 1. The smallest absolute Gasteiger partial charge is 0.496 e. The molecule has 14 rings (SSSR count). The lowest BCUT2D eigenvalue weighted by Crippen LogP contribution is -2.41. The third kappa shape index (κ3) is 30.6. The number of fused-ring (bicyclic) bond motifs is 2. The molecule has 0 spiro atoms. The summed E-state index contributed by atoms with van der Waals surface area (Å²) < 4.78 is 32.3. The number of ether oxygens (including phenoxy) is 2. The second-order valence-electron chi connectivity index (χ2n) is 31.1. The minimum absolute atomic E-state index is 0. The van der Waals surface area contributed by atoms with Gasteiger partial charge in [-0.3, -0.25) is 48.9 Å². The SMILES string of the molecule is C.CC1(C)OB(c2ccc(CCNC(=O)N3CCCC3)nc2)OC1(C)C.Cc1cc(OCCN(C)C)c2oc3cc(Oc4ccc(CCCC(=O)N5CCCC5)nc4)ccc3c(=O)c2c1.NCCc1ccc(Br)cn1.O=C(CCCc1ccc(Br)cn1)N1CCCC1.O=C(CCCc1ccc(O)cn1)N1CCCC1.O=C(Cl)N1CCCC1. The van der Waals surface area contributed by atoms with E-state index in [9.17, 15) is 28.8 Å². The number of nitrogens with one attached hydrogen (secondary N) is 1. The number of hydrogen-bond acceptors (Lipinski definition) is 19. The predicted octanol–water partition coefficient (Wildman–Crippen LogP) is 15.0. The molecule has 25 nitrogen and oxygen atoms in total. The Balaban J connectivity index is 0.000000189. The molecule has 6 aliphatic rings. The molecule has 0 aliphatic carbocycles. The first-order valence-electron chi connectivity index (χ1n) is 40.9. The van der Waals surface area contributed by atoms with E-state index in [1.807, 2.05) is 134 Å². The molecule has 6 fully saturated rings. The molecule has 6 aliphatic heterocycles. The van der Waals surface area contributed by atoms with Crippen LogP contribution in [0.4, 0.5) is 9.59 Å². The highest BCUT2D eigenvalue weighted by atomic mass is 79.9. The van der Waals surface area contributed by atoms with Gasteiger partial charge in [0.1, 0.15) is 29.4 Å². The first-order valence-corrected chi connectivity index (χ1v) is 42.8. The fourth-order valence-corrected chi connectivity index (χ4v) is 14.3. The van der Waals surface area contributed by atoms with Crippen LogP contribution >= 0.6 is 43.5 Å².